The normalized spacial score (nSPS) is 16.1. The third-order valence-electron chi connectivity index (χ3n) is 5.49. The van der Waals surface area contributed by atoms with Crippen LogP contribution in [-0.4, -0.2) is 39.9 Å². The highest BCUT2D eigenvalue weighted by atomic mass is 32.1. The van der Waals surface area contributed by atoms with Crippen LogP contribution in [0.15, 0.2) is 54.7 Å². The van der Waals surface area contributed by atoms with Crippen molar-refractivity contribution < 1.29 is 13.9 Å². The molecule has 158 valence electrons. The van der Waals surface area contributed by atoms with Crippen LogP contribution in [0.2, 0.25) is 0 Å². The monoisotopic (exact) mass is 436 g/mol. The maximum absolute atomic E-state index is 14.3. The number of fused-ring (bicyclic) bond motifs is 1. The Morgan fingerprint density at radius 3 is 2.84 bits per heavy atom. The zero-order valence-corrected chi connectivity index (χ0v) is 17.8. The van der Waals surface area contributed by atoms with Gasteiger partial charge in [-0.25, -0.2) is 14.1 Å². The zero-order chi connectivity index (χ0) is 21.4. The highest BCUT2D eigenvalue weighted by molar-refractivity contribution is 7.22. The number of benzene rings is 2. The molecule has 8 heteroatoms. The Bertz CT molecular complexity index is 1210. The van der Waals surface area contributed by atoms with Gasteiger partial charge in [0, 0.05) is 6.61 Å². The van der Waals surface area contributed by atoms with E-state index in [9.17, 15) is 9.18 Å². The Morgan fingerprint density at radius 2 is 2.06 bits per heavy atom. The predicted octanol–water partition coefficient (Wildman–Crippen LogP) is 4.76. The molecule has 1 aliphatic rings. The summed E-state index contributed by atoms with van der Waals surface area (Å²) in [5.41, 5.74) is 2.16. The number of nitrogens with zero attached hydrogens (tertiary/aromatic N) is 4. The summed E-state index contributed by atoms with van der Waals surface area (Å²) in [6.07, 6.45) is 3.36. The molecular formula is C23H21FN4O2S. The van der Waals surface area contributed by atoms with Gasteiger partial charge in [0.2, 0.25) is 0 Å². The van der Waals surface area contributed by atoms with E-state index in [-0.39, 0.29) is 12.0 Å². The molecule has 4 aromatic rings. The number of para-hydroxylation sites is 2. The van der Waals surface area contributed by atoms with Crippen LogP contribution in [0, 0.1) is 12.7 Å². The Kier molecular flexibility index (Phi) is 5.25. The second-order valence-corrected chi connectivity index (χ2v) is 8.53. The first-order valence-electron chi connectivity index (χ1n) is 10.2. The van der Waals surface area contributed by atoms with Crippen molar-refractivity contribution in [2.75, 3.05) is 18.1 Å². The fourth-order valence-electron chi connectivity index (χ4n) is 3.85. The summed E-state index contributed by atoms with van der Waals surface area (Å²) < 4.78 is 22.6. The zero-order valence-electron chi connectivity index (χ0n) is 17.0. The second kappa shape index (κ2) is 8.20. The Morgan fingerprint density at radius 1 is 1.26 bits per heavy atom. The van der Waals surface area contributed by atoms with Gasteiger partial charge in [-0.05, 0) is 44.0 Å². The van der Waals surface area contributed by atoms with Crippen molar-refractivity contribution in [1.29, 1.82) is 0 Å². The van der Waals surface area contributed by atoms with Gasteiger partial charge in [0.1, 0.15) is 11.5 Å². The molecule has 6 nitrogen and oxygen atoms in total. The second-order valence-electron chi connectivity index (χ2n) is 7.52. The molecule has 0 N–H and O–H groups in total. The summed E-state index contributed by atoms with van der Waals surface area (Å²) in [5.74, 6) is -0.607. The molecule has 1 saturated heterocycles. The fraction of sp³-hybridized carbons (Fsp3) is 0.261. The molecule has 0 aliphatic carbocycles. The van der Waals surface area contributed by atoms with Gasteiger partial charge in [-0.2, -0.15) is 5.10 Å². The number of carbonyl (C=O) groups excluding carboxylic acids is 1. The van der Waals surface area contributed by atoms with Crippen molar-refractivity contribution in [1.82, 2.24) is 14.8 Å². The molecule has 1 fully saturated rings. The quantitative estimate of drug-likeness (QED) is 0.453. The van der Waals surface area contributed by atoms with Gasteiger partial charge in [0.25, 0.3) is 5.91 Å². The first-order chi connectivity index (χ1) is 15.1. The minimum absolute atomic E-state index is 0.0297. The number of hydrogen-bond acceptors (Lipinski definition) is 5. The van der Waals surface area contributed by atoms with Crippen LogP contribution < -0.4 is 4.90 Å². The summed E-state index contributed by atoms with van der Waals surface area (Å²) in [7, 11) is 0. The molecule has 1 atom stereocenters. The highest BCUT2D eigenvalue weighted by Crippen LogP contribution is 2.31. The fourth-order valence-corrected chi connectivity index (χ4v) is 4.82. The summed E-state index contributed by atoms with van der Waals surface area (Å²) in [6.45, 7) is 2.90. The van der Waals surface area contributed by atoms with E-state index in [1.54, 1.807) is 30.0 Å². The Balaban J connectivity index is 1.53. The van der Waals surface area contributed by atoms with E-state index in [0.717, 1.165) is 23.1 Å². The van der Waals surface area contributed by atoms with E-state index >= 15 is 0 Å². The largest absolute Gasteiger partial charge is 0.376 e. The van der Waals surface area contributed by atoms with Crippen LogP contribution in [0.3, 0.4) is 0 Å². The maximum Gasteiger partial charge on any atom is 0.263 e. The van der Waals surface area contributed by atoms with Crippen LogP contribution >= 0.6 is 11.3 Å². The van der Waals surface area contributed by atoms with Crippen molar-refractivity contribution >= 4 is 32.6 Å². The Labute approximate surface area is 182 Å². The molecule has 5 rings (SSSR count). The number of ether oxygens (including phenoxy) is 1. The summed E-state index contributed by atoms with van der Waals surface area (Å²) in [6, 6.07) is 14.2. The topological polar surface area (TPSA) is 60.3 Å². The number of carbonyl (C=O) groups is 1. The van der Waals surface area contributed by atoms with E-state index < -0.39 is 5.82 Å². The molecule has 1 unspecified atom stereocenters. The van der Waals surface area contributed by atoms with Gasteiger partial charge >= 0.3 is 0 Å². The molecule has 31 heavy (non-hydrogen) atoms. The average molecular weight is 437 g/mol. The van der Waals surface area contributed by atoms with E-state index in [4.69, 9.17) is 9.72 Å². The standard InChI is InChI=1S/C23H21FN4O2S/c1-15-17(13-25-28(15)20-10-4-2-8-18(20)24)22(29)27(14-16-7-6-12-30-16)23-26-19-9-3-5-11-21(19)31-23/h2-5,8-11,13,16H,6-7,12,14H2,1H3. The minimum Gasteiger partial charge on any atom is -0.376 e. The van der Waals surface area contributed by atoms with E-state index in [1.807, 2.05) is 24.3 Å². The Hall–Kier alpha value is -3.10. The highest BCUT2D eigenvalue weighted by Gasteiger charge is 2.29. The number of anilines is 1. The summed E-state index contributed by atoms with van der Waals surface area (Å²) in [5, 5.41) is 4.92. The van der Waals surface area contributed by atoms with E-state index in [0.29, 0.717) is 35.2 Å². The SMILES string of the molecule is Cc1c(C(=O)N(CC2CCCO2)c2nc3ccccc3s2)cnn1-c1ccccc1F. The van der Waals surface area contributed by atoms with Crippen LogP contribution in [0.1, 0.15) is 28.9 Å². The number of rotatable bonds is 5. The van der Waals surface area contributed by atoms with Crippen LogP contribution in [0.5, 0.6) is 0 Å². The third kappa shape index (κ3) is 3.73. The first kappa shape index (κ1) is 19.8. The summed E-state index contributed by atoms with van der Waals surface area (Å²) in [4.78, 5) is 20.0. The lowest BCUT2D eigenvalue weighted by molar-refractivity contribution is 0.0917. The number of thiazole rings is 1. The molecule has 3 heterocycles. The third-order valence-corrected chi connectivity index (χ3v) is 6.55. The van der Waals surface area contributed by atoms with Gasteiger partial charge in [-0.15, -0.1) is 0 Å². The van der Waals surface area contributed by atoms with E-state index in [1.165, 1.54) is 28.3 Å². The van der Waals surface area contributed by atoms with Gasteiger partial charge in [0.05, 0.1) is 40.3 Å². The summed E-state index contributed by atoms with van der Waals surface area (Å²) >= 11 is 1.47. The molecule has 0 saturated carbocycles. The molecule has 0 spiro atoms. The maximum atomic E-state index is 14.3. The lowest BCUT2D eigenvalue weighted by Crippen LogP contribution is -2.37. The predicted molar refractivity (Wildman–Crippen MR) is 119 cm³/mol. The van der Waals surface area contributed by atoms with Crippen molar-refractivity contribution in [2.45, 2.75) is 25.9 Å². The van der Waals surface area contributed by atoms with Gasteiger partial charge in [-0.1, -0.05) is 35.6 Å². The van der Waals surface area contributed by atoms with Crippen molar-refractivity contribution in [3.8, 4) is 5.69 Å². The lowest BCUT2D eigenvalue weighted by Gasteiger charge is -2.23. The lowest BCUT2D eigenvalue weighted by atomic mass is 10.2. The minimum atomic E-state index is -0.393. The number of hydrogen-bond donors (Lipinski definition) is 0. The van der Waals surface area contributed by atoms with Crippen LogP contribution in [-0.2, 0) is 4.74 Å². The van der Waals surface area contributed by atoms with Crippen LogP contribution in [0.4, 0.5) is 9.52 Å². The van der Waals surface area contributed by atoms with Gasteiger partial charge in [-0.3, -0.25) is 9.69 Å². The first-order valence-corrected chi connectivity index (χ1v) is 11.0. The average Bonchev–Trinajstić information content (AvgIpc) is 3.52. The number of halogens is 1. The molecule has 2 aromatic heterocycles. The molecular weight excluding hydrogens is 415 g/mol. The number of amides is 1. The van der Waals surface area contributed by atoms with Gasteiger partial charge in [0.15, 0.2) is 5.13 Å². The van der Waals surface area contributed by atoms with Crippen molar-refractivity contribution in [3.63, 3.8) is 0 Å². The van der Waals surface area contributed by atoms with Crippen molar-refractivity contribution in [3.05, 3.63) is 71.8 Å². The molecule has 1 amide bonds. The molecule has 0 radical (unpaired) electrons. The molecule has 0 bridgehead atoms. The molecule has 2 aromatic carbocycles. The smallest absolute Gasteiger partial charge is 0.263 e. The van der Waals surface area contributed by atoms with Crippen molar-refractivity contribution in [2.24, 2.45) is 0 Å². The van der Waals surface area contributed by atoms with Gasteiger partial charge < -0.3 is 4.74 Å². The van der Waals surface area contributed by atoms with E-state index in [2.05, 4.69) is 5.10 Å². The van der Waals surface area contributed by atoms with Crippen LogP contribution in [0.25, 0.3) is 15.9 Å². The molecule has 1 aliphatic heterocycles. The number of aromatic nitrogens is 3.